The lowest BCUT2D eigenvalue weighted by atomic mass is 10.0. The fraction of sp³-hybridized carbons (Fsp3) is 0.857. The molecule has 0 aromatic carbocycles. The molecule has 1 unspecified atom stereocenters. The Morgan fingerprint density at radius 3 is 2.91 bits per heavy atom. The van der Waals surface area contributed by atoms with Crippen molar-refractivity contribution < 1.29 is 10.5 Å². The summed E-state index contributed by atoms with van der Waals surface area (Å²) in [6.45, 7) is 3.89. The lowest BCUT2D eigenvalue weighted by Crippen LogP contribution is -2.49. The molecule has 0 bridgehead atoms. The molecule has 1 fully saturated rings. The predicted octanol–water partition coefficient (Wildman–Crippen LogP) is -1.80. The average Bonchev–Trinajstić information content (AvgIpc) is 2.34. The van der Waals surface area contributed by atoms with E-state index in [9.17, 15) is 0 Å². The summed E-state index contributed by atoms with van der Waals surface area (Å²) in [6.07, 6.45) is 0.765. The van der Waals surface area contributed by atoms with Crippen LogP contribution in [0.25, 0.3) is 0 Å². The van der Waals surface area contributed by atoms with Crippen molar-refractivity contribution in [3.63, 3.8) is 0 Å². The molecule has 0 spiro atoms. The van der Waals surface area contributed by atoms with Gasteiger partial charge in [0.25, 0.3) is 6.07 Å². The van der Waals surface area contributed by atoms with Crippen LogP contribution in [0.3, 0.4) is 0 Å². The topological polar surface area (TPSA) is 59.3 Å². The number of hydrogen-bond donors (Lipinski definition) is 3. The maximum atomic E-state index is 9.09. The summed E-state index contributed by atoms with van der Waals surface area (Å²) in [5, 5.41) is 20.5. The second-order valence-corrected chi connectivity index (χ2v) is 2.88. The van der Waals surface area contributed by atoms with Gasteiger partial charge in [0.2, 0.25) is 0 Å². The molecule has 1 aliphatic heterocycles. The Bertz CT molecular complexity index is 173. The standard InChI is InChI=1S/C7H13N3O/c1-2-9-7(5-8)3-4-10(11)6-7/h9,11H,2-4,6H2,1H3/p+1. The Labute approximate surface area is 66.4 Å². The van der Waals surface area contributed by atoms with Crippen LogP contribution in [0.5, 0.6) is 0 Å². The zero-order chi connectivity index (χ0) is 8.32. The first-order chi connectivity index (χ1) is 5.22. The quantitative estimate of drug-likeness (QED) is 0.442. The zero-order valence-electron chi connectivity index (χ0n) is 6.72. The first kappa shape index (κ1) is 8.47. The van der Waals surface area contributed by atoms with Gasteiger partial charge < -0.3 is 5.21 Å². The number of nitrogens with one attached hydrogen (secondary N) is 2. The van der Waals surface area contributed by atoms with Crippen LogP contribution in [0, 0.1) is 6.07 Å². The van der Waals surface area contributed by atoms with Gasteiger partial charge in [-0.15, -0.1) is 0 Å². The Morgan fingerprint density at radius 1 is 1.82 bits per heavy atom. The number of hydroxylamine groups is 2. The molecule has 1 atom stereocenters. The molecule has 1 saturated heterocycles. The molecule has 0 saturated carbocycles. The van der Waals surface area contributed by atoms with Crippen molar-refractivity contribution in [3.8, 4) is 6.07 Å². The summed E-state index contributed by atoms with van der Waals surface area (Å²) in [5.74, 6) is 0. The molecular formula is C7H14N3O+. The maximum Gasteiger partial charge on any atom is 0.294 e. The molecule has 0 aromatic heterocycles. The smallest absolute Gasteiger partial charge is 0.294 e. The van der Waals surface area contributed by atoms with Crippen LogP contribution >= 0.6 is 0 Å². The number of nitrogens with zero attached hydrogens (tertiary/aromatic N) is 1. The molecule has 62 valence electrons. The number of likely N-dealkylation sites (N-methyl/N-ethyl adjacent to an activating group) is 1. The van der Waals surface area contributed by atoms with Crippen molar-refractivity contribution in [1.82, 2.24) is 10.4 Å². The summed E-state index contributed by atoms with van der Waals surface area (Å²) in [6, 6.07) is 2.45. The van der Waals surface area contributed by atoms with E-state index in [1.165, 1.54) is 5.06 Å². The Hall–Kier alpha value is -0.630. The Morgan fingerprint density at radius 2 is 2.55 bits per heavy atom. The Balaban J connectivity index is 2.57. The predicted molar refractivity (Wildman–Crippen MR) is 39.2 cm³/mol. The highest BCUT2D eigenvalue weighted by atomic mass is 16.5. The van der Waals surface area contributed by atoms with Crippen molar-refractivity contribution in [3.05, 3.63) is 0 Å². The van der Waals surface area contributed by atoms with E-state index in [1.807, 2.05) is 6.92 Å². The molecule has 11 heavy (non-hydrogen) atoms. The van der Waals surface area contributed by atoms with E-state index < -0.39 is 5.54 Å². The molecule has 4 heteroatoms. The van der Waals surface area contributed by atoms with Gasteiger partial charge in [0.15, 0.2) is 5.54 Å². The van der Waals surface area contributed by atoms with Crippen molar-refractivity contribution in [1.29, 1.82) is 0 Å². The summed E-state index contributed by atoms with van der Waals surface area (Å²) in [5.41, 5.74) is -0.399. The van der Waals surface area contributed by atoms with Gasteiger partial charge >= 0.3 is 0 Å². The van der Waals surface area contributed by atoms with Gasteiger partial charge in [-0.3, -0.25) is 5.32 Å². The molecule has 3 N–H and O–H groups in total. The lowest BCUT2D eigenvalue weighted by molar-refractivity contribution is -0.106. The van der Waals surface area contributed by atoms with Crippen molar-refractivity contribution in [2.75, 3.05) is 19.6 Å². The lowest BCUT2D eigenvalue weighted by Gasteiger charge is -2.16. The highest BCUT2D eigenvalue weighted by molar-refractivity contribution is 5.10. The highest BCUT2D eigenvalue weighted by Gasteiger charge is 2.40. The van der Waals surface area contributed by atoms with E-state index in [4.69, 9.17) is 10.5 Å². The fourth-order valence-corrected chi connectivity index (χ4v) is 1.42. The van der Waals surface area contributed by atoms with Crippen LogP contribution < -0.4 is 10.6 Å². The minimum atomic E-state index is -0.399. The van der Waals surface area contributed by atoms with E-state index in [1.54, 1.807) is 0 Å². The first-order valence-electron chi connectivity index (χ1n) is 3.85. The van der Waals surface area contributed by atoms with Crippen LogP contribution in [0.4, 0.5) is 0 Å². The van der Waals surface area contributed by atoms with Gasteiger partial charge in [-0.05, 0) is 13.0 Å². The van der Waals surface area contributed by atoms with E-state index >= 15 is 0 Å². The Kier molecular flexibility index (Phi) is 2.45. The van der Waals surface area contributed by atoms with Crippen LogP contribution in [-0.4, -0.2) is 35.4 Å². The van der Waals surface area contributed by atoms with E-state index in [-0.39, 0.29) is 0 Å². The SMILES string of the molecule is CCNC1(C#[NH+])CCN(O)C1. The third kappa shape index (κ3) is 1.69. The fourth-order valence-electron chi connectivity index (χ4n) is 1.42. The third-order valence-electron chi connectivity index (χ3n) is 2.00. The second kappa shape index (κ2) is 3.18. The van der Waals surface area contributed by atoms with E-state index in [2.05, 4.69) is 11.4 Å². The average molecular weight is 156 g/mol. The van der Waals surface area contributed by atoms with Gasteiger partial charge in [-0.25, -0.2) is 0 Å². The molecule has 0 aliphatic carbocycles. The number of hydrogen-bond acceptors (Lipinski definition) is 3. The summed E-state index contributed by atoms with van der Waals surface area (Å²) < 4.78 is 0. The van der Waals surface area contributed by atoms with Gasteiger partial charge in [-0.1, -0.05) is 12.2 Å². The van der Waals surface area contributed by atoms with Crippen molar-refractivity contribution >= 4 is 0 Å². The molecule has 0 aromatic rings. The first-order valence-corrected chi connectivity index (χ1v) is 3.85. The largest absolute Gasteiger partial charge is 0.314 e. The molecule has 0 radical (unpaired) electrons. The number of rotatable bonds is 2. The molecule has 1 heterocycles. The molecule has 1 rings (SSSR count). The van der Waals surface area contributed by atoms with Gasteiger partial charge in [-0.2, -0.15) is 5.06 Å². The molecule has 4 nitrogen and oxygen atoms in total. The molecule has 1 aliphatic rings. The van der Waals surface area contributed by atoms with Crippen molar-refractivity contribution in [2.24, 2.45) is 0 Å². The summed E-state index contributed by atoms with van der Waals surface area (Å²) in [7, 11) is 0. The minimum Gasteiger partial charge on any atom is -0.314 e. The van der Waals surface area contributed by atoms with Gasteiger partial charge in [0.1, 0.15) is 0 Å². The molecule has 0 amide bonds. The zero-order valence-corrected chi connectivity index (χ0v) is 6.72. The van der Waals surface area contributed by atoms with Crippen LogP contribution in [-0.2, 0) is 0 Å². The second-order valence-electron chi connectivity index (χ2n) is 2.88. The minimum absolute atomic E-state index is 0.399. The highest BCUT2D eigenvalue weighted by Crippen LogP contribution is 2.17. The van der Waals surface area contributed by atoms with E-state index in [0.717, 1.165) is 13.0 Å². The van der Waals surface area contributed by atoms with Crippen LogP contribution in [0.2, 0.25) is 0 Å². The summed E-state index contributed by atoms with van der Waals surface area (Å²) >= 11 is 0. The van der Waals surface area contributed by atoms with E-state index in [0.29, 0.717) is 13.1 Å². The third-order valence-corrected chi connectivity index (χ3v) is 2.00. The van der Waals surface area contributed by atoms with Crippen LogP contribution in [0.15, 0.2) is 0 Å². The molecular weight excluding hydrogens is 142 g/mol. The summed E-state index contributed by atoms with van der Waals surface area (Å²) in [4.78, 5) is 0. The van der Waals surface area contributed by atoms with Gasteiger partial charge in [0, 0.05) is 6.54 Å². The van der Waals surface area contributed by atoms with Gasteiger partial charge in [0.05, 0.1) is 6.54 Å². The van der Waals surface area contributed by atoms with Crippen LogP contribution in [0.1, 0.15) is 13.3 Å². The monoisotopic (exact) mass is 156 g/mol. The van der Waals surface area contributed by atoms with Crippen molar-refractivity contribution in [2.45, 2.75) is 18.9 Å². The maximum absolute atomic E-state index is 9.09. The normalized spacial score (nSPS) is 32.1.